The molecule has 2 N–H and O–H groups in total. The van der Waals surface area contributed by atoms with E-state index >= 15 is 0 Å². The number of fused-ring (bicyclic) bond motifs is 1. The zero-order valence-corrected chi connectivity index (χ0v) is 7.97. The number of hydrogen-bond donors (Lipinski definition) is 1. The van der Waals surface area contributed by atoms with Crippen molar-refractivity contribution < 1.29 is 0 Å². The van der Waals surface area contributed by atoms with Gasteiger partial charge in [0.2, 0.25) is 0 Å². The van der Waals surface area contributed by atoms with Crippen LogP contribution in [0.4, 0.5) is 5.13 Å². The fourth-order valence-electron chi connectivity index (χ4n) is 1.50. The van der Waals surface area contributed by atoms with Gasteiger partial charge in [-0.15, -0.1) is 11.3 Å². The summed E-state index contributed by atoms with van der Waals surface area (Å²) in [5, 5.41) is 9.19. The van der Waals surface area contributed by atoms with Crippen molar-refractivity contribution in [3.05, 3.63) is 10.6 Å². The van der Waals surface area contributed by atoms with Crippen LogP contribution in [-0.2, 0) is 13.0 Å². The second kappa shape index (κ2) is 3.32. The topological polar surface area (TPSA) is 65.9 Å². The lowest BCUT2D eigenvalue weighted by Gasteiger charge is -2.22. The number of aromatic nitrogens is 1. The summed E-state index contributed by atoms with van der Waals surface area (Å²) in [5.74, 6) is 0. The first-order chi connectivity index (χ1) is 6.29. The number of nitrogen functional groups attached to an aromatic ring is 1. The molecule has 13 heavy (non-hydrogen) atoms. The molecular formula is C8H10N4S. The summed E-state index contributed by atoms with van der Waals surface area (Å²) in [6.07, 6.45) is 0.921. The molecule has 0 aromatic carbocycles. The summed E-state index contributed by atoms with van der Waals surface area (Å²) >= 11 is 1.54. The van der Waals surface area contributed by atoms with Gasteiger partial charge in [-0.1, -0.05) is 0 Å². The summed E-state index contributed by atoms with van der Waals surface area (Å²) in [7, 11) is 0. The normalized spacial score (nSPS) is 16.5. The van der Waals surface area contributed by atoms with Crippen molar-refractivity contribution in [2.45, 2.75) is 13.0 Å². The fraction of sp³-hybridized carbons (Fsp3) is 0.500. The van der Waals surface area contributed by atoms with E-state index in [9.17, 15) is 0 Å². The largest absolute Gasteiger partial charge is 0.375 e. The Morgan fingerprint density at radius 3 is 3.31 bits per heavy atom. The maximum Gasteiger partial charge on any atom is 0.180 e. The van der Waals surface area contributed by atoms with Crippen molar-refractivity contribution >= 4 is 16.5 Å². The molecule has 68 valence electrons. The van der Waals surface area contributed by atoms with Crippen molar-refractivity contribution in [3.8, 4) is 6.07 Å². The average Bonchev–Trinajstić information content (AvgIpc) is 2.44. The Morgan fingerprint density at radius 1 is 1.69 bits per heavy atom. The summed E-state index contributed by atoms with van der Waals surface area (Å²) in [6.45, 7) is 2.25. The highest BCUT2D eigenvalue weighted by molar-refractivity contribution is 7.15. The highest BCUT2D eigenvalue weighted by Crippen LogP contribution is 2.25. The predicted molar refractivity (Wildman–Crippen MR) is 51.1 cm³/mol. The van der Waals surface area contributed by atoms with Gasteiger partial charge in [-0.25, -0.2) is 4.98 Å². The molecule has 1 aromatic heterocycles. The molecule has 0 fully saturated rings. The van der Waals surface area contributed by atoms with Crippen LogP contribution in [0, 0.1) is 11.3 Å². The number of anilines is 1. The van der Waals surface area contributed by atoms with Gasteiger partial charge in [0, 0.05) is 24.4 Å². The van der Waals surface area contributed by atoms with Gasteiger partial charge in [-0.2, -0.15) is 5.26 Å². The van der Waals surface area contributed by atoms with Gasteiger partial charge < -0.3 is 5.73 Å². The van der Waals surface area contributed by atoms with Crippen molar-refractivity contribution in [1.29, 1.82) is 5.26 Å². The highest BCUT2D eigenvalue weighted by atomic mass is 32.1. The van der Waals surface area contributed by atoms with Crippen LogP contribution >= 0.6 is 11.3 Å². The maximum absolute atomic E-state index is 8.54. The molecular weight excluding hydrogens is 184 g/mol. The molecule has 4 nitrogen and oxygen atoms in total. The van der Waals surface area contributed by atoms with Crippen molar-refractivity contribution in [2.24, 2.45) is 0 Å². The van der Waals surface area contributed by atoms with Gasteiger partial charge in [0.05, 0.1) is 18.3 Å². The van der Waals surface area contributed by atoms with Crippen LogP contribution in [0.25, 0.3) is 0 Å². The number of hydrogen-bond acceptors (Lipinski definition) is 5. The van der Waals surface area contributed by atoms with E-state index in [1.165, 1.54) is 16.2 Å². The number of nitrogens with zero attached hydrogens (tertiary/aromatic N) is 3. The minimum Gasteiger partial charge on any atom is -0.375 e. The SMILES string of the molecule is N#CCN1CCc2nc(N)sc2C1. The standard InChI is InChI=1S/C8H10N4S/c9-2-4-12-3-1-6-7(5-12)13-8(10)11-6/h1,3-5H2,(H2,10,11). The Bertz CT molecular complexity index is 352. The molecule has 0 atom stereocenters. The Morgan fingerprint density at radius 2 is 2.54 bits per heavy atom. The zero-order valence-electron chi connectivity index (χ0n) is 7.16. The van der Waals surface area contributed by atoms with Crippen LogP contribution in [0.3, 0.4) is 0 Å². The van der Waals surface area contributed by atoms with Gasteiger partial charge in [0.15, 0.2) is 5.13 Å². The molecule has 1 aliphatic rings. The van der Waals surface area contributed by atoms with E-state index in [2.05, 4.69) is 16.0 Å². The quantitative estimate of drug-likeness (QED) is 0.665. The Hall–Kier alpha value is -1.12. The molecule has 0 spiro atoms. The lowest BCUT2D eigenvalue weighted by molar-refractivity contribution is 0.287. The van der Waals surface area contributed by atoms with Crippen molar-refractivity contribution in [3.63, 3.8) is 0 Å². The summed E-state index contributed by atoms with van der Waals surface area (Å²) < 4.78 is 0. The third kappa shape index (κ3) is 1.64. The van der Waals surface area contributed by atoms with Gasteiger partial charge in [-0.05, 0) is 0 Å². The number of thiazole rings is 1. The second-order valence-corrected chi connectivity index (χ2v) is 4.16. The zero-order chi connectivity index (χ0) is 9.26. The molecule has 0 saturated heterocycles. The molecule has 0 aliphatic carbocycles. The van der Waals surface area contributed by atoms with Crippen molar-refractivity contribution in [2.75, 3.05) is 18.8 Å². The average molecular weight is 194 g/mol. The Labute approximate surface area is 80.6 Å². The smallest absolute Gasteiger partial charge is 0.180 e. The molecule has 5 heteroatoms. The van der Waals surface area contributed by atoms with Gasteiger partial charge in [0.1, 0.15) is 0 Å². The first kappa shape index (κ1) is 8.48. The van der Waals surface area contributed by atoms with Crippen LogP contribution < -0.4 is 5.73 Å². The van der Waals surface area contributed by atoms with Crippen LogP contribution in [0.5, 0.6) is 0 Å². The first-order valence-electron chi connectivity index (χ1n) is 4.13. The van der Waals surface area contributed by atoms with Gasteiger partial charge >= 0.3 is 0 Å². The van der Waals surface area contributed by atoms with Crippen LogP contribution in [0.2, 0.25) is 0 Å². The van der Waals surface area contributed by atoms with E-state index in [-0.39, 0.29) is 0 Å². The van der Waals surface area contributed by atoms with Gasteiger partial charge in [0.25, 0.3) is 0 Å². The lowest BCUT2D eigenvalue weighted by atomic mass is 10.2. The Kier molecular flexibility index (Phi) is 2.17. The lowest BCUT2D eigenvalue weighted by Crippen LogP contribution is -2.30. The van der Waals surface area contributed by atoms with Gasteiger partial charge in [-0.3, -0.25) is 4.90 Å². The van der Waals surface area contributed by atoms with Crippen LogP contribution in [0.15, 0.2) is 0 Å². The monoisotopic (exact) mass is 194 g/mol. The fourth-order valence-corrected chi connectivity index (χ4v) is 2.42. The van der Waals surface area contributed by atoms with Crippen molar-refractivity contribution in [1.82, 2.24) is 9.88 Å². The molecule has 0 saturated carbocycles. The molecule has 2 rings (SSSR count). The number of rotatable bonds is 1. The molecule has 0 unspecified atom stereocenters. The molecule has 0 radical (unpaired) electrons. The van der Waals surface area contributed by atoms with E-state index in [4.69, 9.17) is 11.0 Å². The van der Waals surface area contributed by atoms with E-state index < -0.39 is 0 Å². The van der Waals surface area contributed by atoms with Crippen LogP contribution in [0.1, 0.15) is 10.6 Å². The Balaban J connectivity index is 2.15. The first-order valence-corrected chi connectivity index (χ1v) is 4.94. The highest BCUT2D eigenvalue weighted by Gasteiger charge is 2.19. The predicted octanol–water partition coefficient (Wildman–Crippen LogP) is 0.607. The molecule has 0 amide bonds. The van der Waals surface area contributed by atoms with E-state index in [1.54, 1.807) is 0 Å². The number of nitriles is 1. The van der Waals surface area contributed by atoms with Crippen LogP contribution in [-0.4, -0.2) is 23.0 Å². The third-order valence-electron chi connectivity index (χ3n) is 2.12. The van der Waals surface area contributed by atoms with E-state index in [0.29, 0.717) is 11.7 Å². The molecule has 1 aliphatic heterocycles. The maximum atomic E-state index is 8.54. The number of nitrogens with two attached hydrogens (primary N) is 1. The van der Waals surface area contributed by atoms with E-state index in [0.717, 1.165) is 25.2 Å². The van der Waals surface area contributed by atoms with E-state index in [1.807, 2.05) is 0 Å². The minimum atomic E-state index is 0.497. The molecule has 0 bridgehead atoms. The summed E-state index contributed by atoms with van der Waals surface area (Å²) in [5.41, 5.74) is 6.72. The molecule has 2 heterocycles. The second-order valence-electron chi connectivity index (χ2n) is 3.04. The third-order valence-corrected chi connectivity index (χ3v) is 3.03. The minimum absolute atomic E-state index is 0.497. The summed E-state index contributed by atoms with van der Waals surface area (Å²) in [6, 6.07) is 2.15. The molecule has 1 aromatic rings. The summed E-state index contributed by atoms with van der Waals surface area (Å²) in [4.78, 5) is 7.56.